The summed E-state index contributed by atoms with van der Waals surface area (Å²) in [6.45, 7) is 5.11. The first-order valence-corrected chi connectivity index (χ1v) is 5.78. The smallest absolute Gasteiger partial charge is 0.307 e. The first-order valence-electron chi connectivity index (χ1n) is 5.78. The first kappa shape index (κ1) is 12.7. The number of nitrogens with zero attached hydrogens (tertiary/aromatic N) is 1. The summed E-state index contributed by atoms with van der Waals surface area (Å²) in [6.07, 6.45) is 4.77. The zero-order chi connectivity index (χ0) is 12.1. The molecule has 0 aromatic rings. The summed E-state index contributed by atoms with van der Waals surface area (Å²) in [7, 11) is 0. The molecule has 0 bridgehead atoms. The molecule has 0 aromatic carbocycles. The molecule has 0 aliphatic heterocycles. The summed E-state index contributed by atoms with van der Waals surface area (Å²) in [4.78, 5) is 24.9. The van der Waals surface area contributed by atoms with Gasteiger partial charge in [-0.2, -0.15) is 0 Å². The molecule has 1 aliphatic carbocycles. The monoisotopic (exact) mass is 225 g/mol. The maximum absolute atomic E-state index is 12.1. The van der Waals surface area contributed by atoms with E-state index in [2.05, 4.69) is 0 Å². The second-order valence-electron chi connectivity index (χ2n) is 4.00. The molecule has 1 rings (SSSR count). The van der Waals surface area contributed by atoms with E-state index in [0.29, 0.717) is 25.9 Å². The quantitative estimate of drug-likeness (QED) is 0.738. The normalized spacial score (nSPS) is 24.1. The van der Waals surface area contributed by atoms with Crippen LogP contribution in [0.3, 0.4) is 0 Å². The second kappa shape index (κ2) is 5.68. The van der Waals surface area contributed by atoms with E-state index in [9.17, 15) is 9.59 Å². The van der Waals surface area contributed by atoms with Gasteiger partial charge in [0.05, 0.1) is 11.8 Å². The maximum Gasteiger partial charge on any atom is 0.307 e. The lowest BCUT2D eigenvalue weighted by molar-refractivity contribution is -0.150. The molecule has 1 amide bonds. The van der Waals surface area contributed by atoms with Gasteiger partial charge >= 0.3 is 5.97 Å². The van der Waals surface area contributed by atoms with Crippen molar-refractivity contribution in [3.63, 3.8) is 0 Å². The first-order chi connectivity index (χ1) is 7.61. The highest BCUT2D eigenvalue weighted by molar-refractivity contribution is 5.85. The van der Waals surface area contributed by atoms with E-state index in [1.807, 2.05) is 26.0 Å². The third kappa shape index (κ3) is 2.62. The summed E-state index contributed by atoms with van der Waals surface area (Å²) in [6, 6.07) is 0. The van der Waals surface area contributed by atoms with Gasteiger partial charge in [-0.05, 0) is 26.7 Å². The Bertz CT molecular complexity index is 295. The van der Waals surface area contributed by atoms with Gasteiger partial charge in [0, 0.05) is 13.1 Å². The molecule has 1 aliphatic rings. The Morgan fingerprint density at radius 2 is 1.69 bits per heavy atom. The van der Waals surface area contributed by atoms with Crippen LogP contribution in [-0.4, -0.2) is 35.0 Å². The highest BCUT2D eigenvalue weighted by atomic mass is 16.4. The predicted octanol–water partition coefficient (Wildman–Crippen LogP) is 1.52. The van der Waals surface area contributed by atoms with Gasteiger partial charge in [-0.15, -0.1) is 0 Å². The number of rotatable bonds is 4. The number of carbonyl (C=O) groups excluding carboxylic acids is 1. The minimum Gasteiger partial charge on any atom is -0.481 e. The van der Waals surface area contributed by atoms with E-state index in [-0.39, 0.29) is 11.8 Å². The standard InChI is InChI=1S/C12H19NO3/c1-3-13(4-2)11(14)9-7-5-6-8-10(9)12(15)16/h5-6,9-10H,3-4,7-8H2,1-2H3,(H,15,16). The number of carbonyl (C=O) groups is 2. The molecule has 0 saturated heterocycles. The maximum atomic E-state index is 12.1. The van der Waals surface area contributed by atoms with Crippen LogP contribution in [0.2, 0.25) is 0 Å². The number of hydrogen-bond acceptors (Lipinski definition) is 2. The topological polar surface area (TPSA) is 57.6 Å². The lowest BCUT2D eigenvalue weighted by atomic mass is 9.82. The lowest BCUT2D eigenvalue weighted by Gasteiger charge is -2.29. The molecule has 0 aromatic heterocycles. The van der Waals surface area contributed by atoms with Crippen LogP contribution in [0.1, 0.15) is 26.7 Å². The van der Waals surface area contributed by atoms with Crippen LogP contribution in [0.5, 0.6) is 0 Å². The fourth-order valence-electron chi connectivity index (χ4n) is 2.13. The molecule has 4 heteroatoms. The minimum absolute atomic E-state index is 0.0262. The lowest BCUT2D eigenvalue weighted by Crippen LogP contribution is -2.41. The summed E-state index contributed by atoms with van der Waals surface area (Å²) in [5.74, 6) is -1.84. The SMILES string of the molecule is CCN(CC)C(=O)C1CC=CCC1C(=O)O. The third-order valence-electron chi connectivity index (χ3n) is 3.14. The third-order valence-corrected chi connectivity index (χ3v) is 3.14. The fourth-order valence-corrected chi connectivity index (χ4v) is 2.13. The van der Waals surface area contributed by atoms with Gasteiger partial charge in [0.2, 0.25) is 5.91 Å². The van der Waals surface area contributed by atoms with Gasteiger partial charge in [-0.3, -0.25) is 9.59 Å². The van der Waals surface area contributed by atoms with Crippen molar-refractivity contribution in [3.8, 4) is 0 Å². The van der Waals surface area contributed by atoms with Crippen LogP contribution < -0.4 is 0 Å². The Kier molecular flexibility index (Phi) is 4.52. The average Bonchev–Trinajstić information content (AvgIpc) is 2.30. The number of carboxylic acid groups (broad SMARTS) is 1. The van der Waals surface area contributed by atoms with Crippen LogP contribution in [0.25, 0.3) is 0 Å². The molecule has 4 nitrogen and oxygen atoms in total. The van der Waals surface area contributed by atoms with E-state index >= 15 is 0 Å². The Balaban J connectivity index is 2.79. The summed E-state index contributed by atoms with van der Waals surface area (Å²) in [5, 5.41) is 9.08. The number of carboxylic acids is 1. The summed E-state index contributed by atoms with van der Waals surface area (Å²) >= 11 is 0. The van der Waals surface area contributed by atoms with Crippen molar-refractivity contribution in [1.82, 2.24) is 4.90 Å². The second-order valence-corrected chi connectivity index (χ2v) is 4.00. The van der Waals surface area contributed by atoms with Crippen molar-refractivity contribution in [2.24, 2.45) is 11.8 Å². The van der Waals surface area contributed by atoms with Crippen molar-refractivity contribution >= 4 is 11.9 Å². The van der Waals surface area contributed by atoms with E-state index in [1.165, 1.54) is 0 Å². The van der Waals surface area contributed by atoms with Crippen molar-refractivity contribution < 1.29 is 14.7 Å². The molecule has 0 fully saturated rings. The van der Waals surface area contributed by atoms with Gasteiger partial charge in [0.15, 0.2) is 0 Å². The molecule has 16 heavy (non-hydrogen) atoms. The molecule has 0 heterocycles. The van der Waals surface area contributed by atoms with Crippen LogP contribution >= 0.6 is 0 Å². The van der Waals surface area contributed by atoms with Gasteiger partial charge in [0.1, 0.15) is 0 Å². The van der Waals surface area contributed by atoms with E-state index in [4.69, 9.17) is 5.11 Å². The minimum atomic E-state index is -0.866. The van der Waals surface area contributed by atoms with Crippen molar-refractivity contribution in [2.75, 3.05) is 13.1 Å². The molecular weight excluding hydrogens is 206 g/mol. The Morgan fingerprint density at radius 1 is 1.19 bits per heavy atom. The van der Waals surface area contributed by atoms with E-state index < -0.39 is 11.9 Å². The van der Waals surface area contributed by atoms with E-state index in [0.717, 1.165) is 0 Å². The average molecular weight is 225 g/mol. The molecule has 0 radical (unpaired) electrons. The Morgan fingerprint density at radius 3 is 2.12 bits per heavy atom. The van der Waals surface area contributed by atoms with Crippen molar-refractivity contribution in [3.05, 3.63) is 12.2 Å². The van der Waals surface area contributed by atoms with Crippen molar-refractivity contribution in [2.45, 2.75) is 26.7 Å². The van der Waals surface area contributed by atoms with Crippen LogP contribution in [0.15, 0.2) is 12.2 Å². The zero-order valence-corrected chi connectivity index (χ0v) is 9.85. The molecule has 2 atom stereocenters. The fraction of sp³-hybridized carbons (Fsp3) is 0.667. The number of allylic oxidation sites excluding steroid dienone is 2. The van der Waals surface area contributed by atoms with Crippen LogP contribution in [-0.2, 0) is 9.59 Å². The molecular formula is C12H19NO3. The van der Waals surface area contributed by atoms with Crippen molar-refractivity contribution in [1.29, 1.82) is 0 Å². The molecule has 1 N–H and O–H groups in total. The number of hydrogen-bond donors (Lipinski definition) is 1. The predicted molar refractivity (Wildman–Crippen MR) is 60.9 cm³/mol. The zero-order valence-electron chi connectivity index (χ0n) is 9.85. The van der Waals surface area contributed by atoms with Gasteiger partial charge < -0.3 is 10.0 Å². The van der Waals surface area contributed by atoms with Gasteiger partial charge in [0.25, 0.3) is 0 Å². The largest absolute Gasteiger partial charge is 0.481 e. The molecule has 0 spiro atoms. The highest BCUT2D eigenvalue weighted by Crippen LogP contribution is 2.27. The number of amides is 1. The van der Waals surface area contributed by atoms with Gasteiger partial charge in [-0.1, -0.05) is 12.2 Å². The van der Waals surface area contributed by atoms with Crippen LogP contribution in [0, 0.1) is 11.8 Å². The van der Waals surface area contributed by atoms with Gasteiger partial charge in [-0.25, -0.2) is 0 Å². The summed E-state index contributed by atoms with van der Waals surface area (Å²) < 4.78 is 0. The Hall–Kier alpha value is -1.32. The molecule has 90 valence electrons. The highest BCUT2D eigenvalue weighted by Gasteiger charge is 2.35. The number of aliphatic carboxylic acids is 1. The van der Waals surface area contributed by atoms with E-state index in [1.54, 1.807) is 4.90 Å². The molecule has 2 unspecified atom stereocenters. The Labute approximate surface area is 95.9 Å². The summed E-state index contributed by atoms with van der Waals surface area (Å²) in [5.41, 5.74) is 0. The molecule has 0 saturated carbocycles. The van der Waals surface area contributed by atoms with Crippen LogP contribution in [0.4, 0.5) is 0 Å².